The van der Waals surface area contributed by atoms with Crippen molar-refractivity contribution in [3.63, 3.8) is 0 Å². The fourth-order valence-electron chi connectivity index (χ4n) is 3.77. The number of aryl methyl sites for hydroxylation is 2. The van der Waals surface area contributed by atoms with Gasteiger partial charge in [-0.1, -0.05) is 42.8 Å². The lowest BCUT2D eigenvalue weighted by atomic mass is 10.0. The number of unbranched alkanes of at least 4 members (excludes halogenated alkanes) is 4. The second kappa shape index (κ2) is 13.0. The number of benzene rings is 2. The van der Waals surface area contributed by atoms with E-state index in [2.05, 4.69) is 30.3 Å². The standard InChI is InChI=1S/C26H32FO4PS/c27-26-17-16-25(33-26)23-20-22(13-7-3-9-19-32(28,29)30)14-15-24(23)31-18-8-2-6-12-21-10-4-1-5-11-21/h1,4-5,10-11,14-17,20H,2-3,6-9,12-13,18-19H2,(H2,28,29,30). The van der Waals surface area contributed by atoms with Crippen LogP contribution in [0.4, 0.5) is 4.39 Å². The fourth-order valence-corrected chi connectivity index (χ4v) is 5.16. The van der Waals surface area contributed by atoms with E-state index in [0.29, 0.717) is 13.0 Å². The molecule has 0 aliphatic heterocycles. The van der Waals surface area contributed by atoms with Crippen molar-refractivity contribution in [2.24, 2.45) is 0 Å². The lowest BCUT2D eigenvalue weighted by Crippen LogP contribution is -2.00. The van der Waals surface area contributed by atoms with E-state index in [0.717, 1.165) is 78.0 Å². The van der Waals surface area contributed by atoms with Crippen LogP contribution in [0.25, 0.3) is 10.4 Å². The zero-order valence-corrected chi connectivity index (χ0v) is 20.5. The second-order valence-electron chi connectivity index (χ2n) is 8.28. The van der Waals surface area contributed by atoms with Crippen LogP contribution in [0.2, 0.25) is 0 Å². The number of thiophene rings is 1. The summed E-state index contributed by atoms with van der Waals surface area (Å²) >= 11 is 1.11. The highest BCUT2D eigenvalue weighted by Gasteiger charge is 2.13. The molecule has 2 aromatic carbocycles. The van der Waals surface area contributed by atoms with Gasteiger partial charge in [-0.3, -0.25) is 4.57 Å². The molecule has 3 rings (SSSR count). The molecule has 2 N–H and O–H groups in total. The molecule has 0 bridgehead atoms. The number of rotatable bonds is 14. The van der Waals surface area contributed by atoms with Crippen molar-refractivity contribution < 1.29 is 23.5 Å². The van der Waals surface area contributed by atoms with Gasteiger partial charge in [-0.2, -0.15) is 4.39 Å². The van der Waals surface area contributed by atoms with Crippen molar-refractivity contribution >= 4 is 18.9 Å². The van der Waals surface area contributed by atoms with Gasteiger partial charge in [0.25, 0.3) is 0 Å². The number of halogens is 1. The van der Waals surface area contributed by atoms with E-state index in [1.165, 1.54) is 11.6 Å². The van der Waals surface area contributed by atoms with Crippen LogP contribution in [-0.2, 0) is 17.4 Å². The molecule has 0 aliphatic rings. The summed E-state index contributed by atoms with van der Waals surface area (Å²) < 4.78 is 30.7. The summed E-state index contributed by atoms with van der Waals surface area (Å²) in [5.41, 5.74) is 3.38. The molecule has 0 fully saturated rings. The highest BCUT2D eigenvalue weighted by atomic mass is 32.1. The molecule has 178 valence electrons. The molecule has 4 nitrogen and oxygen atoms in total. The molecule has 0 spiro atoms. The maximum Gasteiger partial charge on any atom is 0.325 e. The quantitative estimate of drug-likeness (QED) is 0.185. The SMILES string of the molecule is O=P(O)(O)CCCCCc1ccc(OCCCCCc2ccccc2)c(-c2ccc(F)s2)c1. The number of hydrogen-bond donors (Lipinski definition) is 2. The Balaban J connectivity index is 1.51. The Labute approximate surface area is 199 Å². The molecular formula is C26H32FO4PS. The lowest BCUT2D eigenvalue weighted by molar-refractivity contribution is 0.306. The molecule has 0 radical (unpaired) electrons. The highest BCUT2D eigenvalue weighted by molar-refractivity contribution is 7.51. The minimum atomic E-state index is -3.91. The summed E-state index contributed by atoms with van der Waals surface area (Å²) in [6, 6.07) is 19.8. The van der Waals surface area contributed by atoms with Crippen LogP contribution in [-0.4, -0.2) is 22.6 Å². The van der Waals surface area contributed by atoms with Gasteiger partial charge in [0.1, 0.15) is 5.75 Å². The van der Waals surface area contributed by atoms with Crippen LogP contribution < -0.4 is 4.74 Å². The number of hydrogen-bond acceptors (Lipinski definition) is 3. The van der Waals surface area contributed by atoms with E-state index >= 15 is 0 Å². The van der Waals surface area contributed by atoms with E-state index < -0.39 is 7.60 Å². The van der Waals surface area contributed by atoms with Crippen LogP contribution in [0, 0.1) is 5.13 Å². The molecule has 1 aromatic heterocycles. The van der Waals surface area contributed by atoms with E-state index in [4.69, 9.17) is 14.5 Å². The van der Waals surface area contributed by atoms with E-state index in [-0.39, 0.29) is 11.3 Å². The minimum Gasteiger partial charge on any atom is -0.493 e. The average Bonchev–Trinajstić information content (AvgIpc) is 3.22. The van der Waals surface area contributed by atoms with Crippen LogP contribution in [0.5, 0.6) is 5.75 Å². The van der Waals surface area contributed by atoms with Crippen molar-refractivity contribution in [3.05, 3.63) is 76.9 Å². The monoisotopic (exact) mass is 490 g/mol. The molecule has 0 amide bonds. The second-order valence-corrected chi connectivity index (χ2v) is 11.1. The van der Waals surface area contributed by atoms with Crippen molar-refractivity contribution in [1.29, 1.82) is 0 Å². The summed E-state index contributed by atoms with van der Waals surface area (Å²) in [5, 5.41) is -0.222. The molecule has 3 aromatic rings. The van der Waals surface area contributed by atoms with Gasteiger partial charge in [-0.25, -0.2) is 0 Å². The first-order valence-electron chi connectivity index (χ1n) is 11.5. The van der Waals surface area contributed by atoms with Gasteiger partial charge in [0.15, 0.2) is 5.13 Å². The third kappa shape index (κ3) is 9.42. The Kier molecular flexibility index (Phi) is 10.1. The Morgan fingerprint density at radius 2 is 1.55 bits per heavy atom. The molecule has 0 saturated heterocycles. The van der Waals surface area contributed by atoms with Crippen LogP contribution in [0.3, 0.4) is 0 Å². The molecular weight excluding hydrogens is 458 g/mol. The van der Waals surface area contributed by atoms with E-state index in [9.17, 15) is 8.96 Å². The van der Waals surface area contributed by atoms with Gasteiger partial charge in [-0.05, 0) is 80.3 Å². The smallest absolute Gasteiger partial charge is 0.325 e. The van der Waals surface area contributed by atoms with Gasteiger partial charge in [0.05, 0.1) is 6.61 Å². The summed E-state index contributed by atoms with van der Waals surface area (Å²) in [4.78, 5) is 18.8. The predicted molar refractivity (Wildman–Crippen MR) is 134 cm³/mol. The molecule has 1 heterocycles. The summed E-state index contributed by atoms with van der Waals surface area (Å²) in [7, 11) is -3.91. The van der Waals surface area contributed by atoms with Crippen LogP contribution in [0.1, 0.15) is 49.7 Å². The maximum atomic E-state index is 13.7. The third-order valence-electron chi connectivity index (χ3n) is 5.51. The first kappa shape index (κ1) is 25.6. The van der Waals surface area contributed by atoms with Crippen LogP contribution in [0.15, 0.2) is 60.7 Å². The Bertz CT molecular complexity index is 1030. The Morgan fingerprint density at radius 1 is 0.818 bits per heavy atom. The minimum absolute atomic E-state index is 0.0646. The topological polar surface area (TPSA) is 66.8 Å². The zero-order valence-electron chi connectivity index (χ0n) is 18.8. The van der Waals surface area contributed by atoms with E-state index in [1.54, 1.807) is 6.07 Å². The lowest BCUT2D eigenvalue weighted by Gasteiger charge is -2.13. The maximum absolute atomic E-state index is 13.7. The zero-order chi connectivity index (χ0) is 23.5. The first-order chi connectivity index (χ1) is 15.9. The molecule has 0 aliphatic carbocycles. The highest BCUT2D eigenvalue weighted by Crippen LogP contribution is 2.37. The normalized spacial score (nSPS) is 11.6. The van der Waals surface area contributed by atoms with Crippen molar-refractivity contribution in [2.45, 2.75) is 51.4 Å². The molecule has 0 unspecified atom stereocenters. The van der Waals surface area contributed by atoms with Crippen LogP contribution >= 0.6 is 18.9 Å². The largest absolute Gasteiger partial charge is 0.493 e. The van der Waals surface area contributed by atoms with Gasteiger partial charge in [-0.15, -0.1) is 11.3 Å². The Morgan fingerprint density at radius 3 is 2.24 bits per heavy atom. The predicted octanol–water partition coefficient (Wildman–Crippen LogP) is 7.24. The molecule has 0 atom stereocenters. The summed E-state index contributed by atoms with van der Waals surface area (Å²) in [6.45, 7) is 0.622. The van der Waals surface area contributed by atoms with Gasteiger partial charge in [0, 0.05) is 16.6 Å². The number of ether oxygens (including phenoxy) is 1. The fraction of sp³-hybridized carbons (Fsp3) is 0.385. The van der Waals surface area contributed by atoms with Gasteiger partial charge < -0.3 is 14.5 Å². The Hall–Kier alpha value is -1.98. The van der Waals surface area contributed by atoms with Crippen molar-refractivity contribution in [1.82, 2.24) is 0 Å². The summed E-state index contributed by atoms with van der Waals surface area (Å²) in [5.74, 6) is 0.769. The van der Waals surface area contributed by atoms with Gasteiger partial charge >= 0.3 is 7.60 Å². The third-order valence-corrected chi connectivity index (χ3v) is 7.31. The first-order valence-corrected chi connectivity index (χ1v) is 14.1. The molecule has 33 heavy (non-hydrogen) atoms. The van der Waals surface area contributed by atoms with Crippen molar-refractivity contribution in [3.8, 4) is 16.2 Å². The van der Waals surface area contributed by atoms with Gasteiger partial charge in [0.2, 0.25) is 0 Å². The molecule has 7 heteroatoms. The van der Waals surface area contributed by atoms with Crippen molar-refractivity contribution in [2.75, 3.05) is 12.8 Å². The average molecular weight is 491 g/mol. The summed E-state index contributed by atoms with van der Waals surface area (Å²) in [6.07, 6.45) is 7.11. The van der Waals surface area contributed by atoms with E-state index in [1.807, 2.05) is 18.2 Å². The molecule has 0 saturated carbocycles.